The largest absolute Gasteiger partial charge is 0.396 e. The summed E-state index contributed by atoms with van der Waals surface area (Å²) in [4.78, 5) is 13.2. The van der Waals surface area contributed by atoms with Gasteiger partial charge >= 0.3 is 0 Å². The summed E-state index contributed by atoms with van der Waals surface area (Å²) >= 11 is 0. The third-order valence-corrected chi connectivity index (χ3v) is 5.57. The molecule has 0 spiro atoms. The molecule has 1 amide bonds. The predicted molar refractivity (Wildman–Crippen MR) is 116 cm³/mol. The van der Waals surface area contributed by atoms with Crippen molar-refractivity contribution in [2.45, 2.75) is 24.7 Å². The molecule has 0 saturated heterocycles. The Morgan fingerprint density at radius 2 is 1.21 bits per heavy atom. The average molecular weight is 389 g/mol. The topological polar surface area (TPSA) is 75.3 Å². The summed E-state index contributed by atoms with van der Waals surface area (Å²) in [7, 11) is 0. The number of rotatable bonds is 9. The normalized spacial score (nSPS) is 12.3. The highest BCUT2D eigenvalue weighted by Gasteiger charge is 2.46. The third-order valence-electron chi connectivity index (χ3n) is 5.57. The molecule has 0 aliphatic rings. The van der Waals surface area contributed by atoms with Gasteiger partial charge in [-0.05, 0) is 29.5 Å². The van der Waals surface area contributed by atoms with E-state index in [1.807, 2.05) is 54.6 Å². The molecule has 3 rings (SSSR count). The molecule has 0 bridgehead atoms. The molecule has 1 unspecified atom stereocenters. The Bertz CT molecular complexity index is 786. The highest BCUT2D eigenvalue weighted by atomic mass is 16.2. The number of hydrogen-bond donors (Lipinski definition) is 3. The van der Waals surface area contributed by atoms with Gasteiger partial charge in [-0.15, -0.1) is 0 Å². The van der Waals surface area contributed by atoms with E-state index in [1.54, 1.807) is 0 Å². The number of aliphatic hydroxyl groups excluding tert-OH is 1. The van der Waals surface area contributed by atoms with Gasteiger partial charge in [0.1, 0.15) is 0 Å². The maximum absolute atomic E-state index is 13.2. The van der Waals surface area contributed by atoms with Crippen molar-refractivity contribution in [1.82, 2.24) is 5.43 Å². The highest BCUT2D eigenvalue weighted by molar-refractivity contribution is 5.82. The van der Waals surface area contributed by atoms with E-state index in [1.165, 1.54) is 0 Å². The molecule has 0 aliphatic heterocycles. The van der Waals surface area contributed by atoms with Crippen molar-refractivity contribution in [2.24, 2.45) is 11.8 Å². The number of benzene rings is 3. The summed E-state index contributed by atoms with van der Waals surface area (Å²) in [6.45, 7) is 0.103. The zero-order chi connectivity index (χ0) is 20.5. The first-order valence-electron chi connectivity index (χ1n) is 10.0. The van der Waals surface area contributed by atoms with Crippen LogP contribution in [-0.4, -0.2) is 17.6 Å². The van der Waals surface area contributed by atoms with Crippen LogP contribution in [0, 0.1) is 5.92 Å². The smallest absolute Gasteiger partial charge is 0.238 e. The van der Waals surface area contributed by atoms with Crippen molar-refractivity contribution < 1.29 is 9.90 Å². The third kappa shape index (κ3) is 4.24. The molecular formula is C25H28N2O2. The molecule has 150 valence electrons. The summed E-state index contributed by atoms with van der Waals surface area (Å²) in [5, 5.41) is 9.30. The van der Waals surface area contributed by atoms with Gasteiger partial charge < -0.3 is 5.11 Å². The van der Waals surface area contributed by atoms with Crippen LogP contribution in [0.4, 0.5) is 0 Å². The number of aliphatic hydroxyl groups is 1. The fourth-order valence-electron chi connectivity index (χ4n) is 4.31. The molecular weight excluding hydrogens is 360 g/mol. The van der Waals surface area contributed by atoms with Gasteiger partial charge in [-0.3, -0.25) is 10.2 Å². The molecule has 4 nitrogen and oxygen atoms in total. The maximum Gasteiger partial charge on any atom is 0.238 e. The van der Waals surface area contributed by atoms with Crippen LogP contribution in [0.1, 0.15) is 36.0 Å². The van der Waals surface area contributed by atoms with Gasteiger partial charge in [-0.25, -0.2) is 5.84 Å². The van der Waals surface area contributed by atoms with E-state index in [9.17, 15) is 9.90 Å². The quantitative estimate of drug-likeness (QED) is 0.172. The number of unbranched alkanes of at least 4 members (excludes halogenated alkanes) is 1. The number of nitrogens with two attached hydrogens (primary N) is 1. The van der Waals surface area contributed by atoms with E-state index in [2.05, 4.69) is 41.8 Å². The molecule has 0 aliphatic carbocycles. The van der Waals surface area contributed by atoms with Gasteiger partial charge in [0.25, 0.3) is 0 Å². The van der Waals surface area contributed by atoms with Gasteiger partial charge in [0.05, 0.1) is 11.3 Å². The molecule has 3 aromatic carbocycles. The lowest BCUT2D eigenvalue weighted by Gasteiger charge is -2.42. The van der Waals surface area contributed by atoms with Crippen LogP contribution in [0.2, 0.25) is 0 Å². The van der Waals surface area contributed by atoms with E-state index < -0.39 is 11.3 Å². The Hall–Kier alpha value is -2.95. The number of amides is 1. The van der Waals surface area contributed by atoms with Crippen molar-refractivity contribution in [3.63, 3.8) is 0 Å². The van der Waals surface area contributed by atoms with Crippen LogP contribution in [0.15, 0.2) is 91.0 Å². The van der Waals surface area contributed by atoms with E-state index in [4.69, 9.17) is 5.84 Å². The van der Waals surface area contributed by atoms with Crippen molar-refractivity contribution in [1.29, 1.82) is 0 Å². The monoisotopic (exact) mass is 388 g/mol. The predicted octanol–water partition coefficient (Wildman–Crippen LogP) is 3.79. The molecule has 0 heterocycles. The molecule has 29 heavy (non-hydrogen) atoms. The molecule has 0 fully saturated rings. The average Bonchev–Trinajstić information content (AvgIpc) is 2.80. The molecule has 0 aromatic heterocycles. The lowest BCUT2D eigenvalue weighted by Crippen LogP contribution is -2.48. The minimum Gasteiger partial charge on any atom is -0.396 e. The van der Waals surface area contributed by atoms with Crippen molar-refractivity contribution in [3.05, 3.63) is 108 Å². The molecule has 1 atom stereocenters. The van der Waals surface area contributed by atoms with Crippen LogP contribution in [0.3, 0.4) is 0 Å². The first-order chi connectivity index (χ1) is 14.2. The number of carbonyl (C=O) groups is 1. The second-order valence-corrected chi connectivity index (χ2v) is 7.19. The lowest BCUT2D eigenvalue weighted by atomic mass is 9.60. The van der Waals surface area contributed by atoms with Gasteiger partial charge in [-0.2, -0.15) is 0 Å². The fourth-order valence-corrected chi connectivity index (χ4v) is 4.31. The second-order valence-electron chi connectivity index (χ2n) is 7.19. The van der Waals surface area contributed by atoms with Crippen LogP contribution >= 0.6 is 0 Å². The Balaban J connectivity index is 2.32. The van der Waals surface area contributed by atoms with Crippen LogP contribution < -0.4 is 11.3 Å². The van der Waals surface area contributed by atoms with Crippen molar-refractivity contribution >= 4 is 5.91 Å². The SMILES string of the molecule is NNC(=O)C(CCCCO)C(c1ccccc1)(c1ccccc1)c1ccccc1. The zero-order valence-corrected chi connectivity index (χ0v) is 16.5. The molecule has 3 aromatic rings. The van der Waals surface area contributed by atoms with Crippen molar-refractivity contribution in [2.75, 3.05) is 6.61 Å². The maximum atomic E-state index is 13.2. The fraction of sp³-hybridized carbons (Fsp3) is 0.240. The number of nitrogens with one attached hydrogen (secondary N) is 1. The summed E-state index contributed by atoms with van der Waals surface area (Å²) < 4.78 is 0. The first kappa shape index (κ1) is 20.8. The zero-order valence-electron chi connectivity index (χ0n) is 16.5. The molecule has 4 heteroatoms. The van der Waals surface area contributed by atoms with E-state index in [-0.39, 0.29) is 12.5 Å². The van der Waals surface area contributed by atoms with Gasteiger partial charge in [0, 0.05) is 6.61 Å². The minimum absolute atomic E-state index is 0.103. The highest BCUT2D eigenvalue weighted by Crippen LogP contribution is 2.47. The van der Waals surface area contributed by atoms with Gasteiger partial charge in [0.15, 0.2) is 0 Å². The second kappa shape index (κ2) is 10.0. The van der Waals surface area contributed by atoms with Gasteiger partial charge in [0.2, 0.25) is 5.91 Å². The molecule has 0 saturated carbocycles. The Labute approximate surface area is 172 Å². The van der Waals surface area contributed by atoms with Crippen LogP contribution in [-0.2, 0) is 10.2 Å². The van der Waals surface area contributed by atoms with E-state index in [0.717, 1.165) is 23.1 Å². The first-order valence-corrected chi connectivity index (χ1v) is 10.0. The summed E-state index contributed by atoms with van der Waals surface area (Å²) in [6, 6.07) is 30.4. The standard InChI is InChI=1S/C25H28N2O2/c26-27-24(29)23(18-10-11-19-28)25(20-12-4-1-5-13-20,21-14-6-2-7-15-21)22-16-8-3-9-17-22/h1-9,12-17,23,28H,10-11,18-19,26H2,(H,27,29). The summed E-state index contributed by atoms with van der Waals surface area (Å²) in [5.74, 6) is 5.01. The Morgan fingerprint density at radius 3 is 1.55 bits per heavy atom. The van der Waals surface area contributed by atoms with Gasteiger partial charge in [-0.1, -0.05) is 97.4 Å². The van der Waals surface area contributed by atoms with Crippen LogP contribution in [0.25, 0.3) is 0 Å². The minimum atomic E-state index is -0.706. The summed E-state index contributed by atoms with van der Waals surface area (Å²) in [6.07, 6.45) is 1.97. The Morgan fingerprint density at radius 1 is 0.793 bits per heavy atom. The van der Waals surface area contributed by atoms with Crippen molar-refractivity contribution in [3.8, 4) is 0 Å². The summed E-state index contributed by atoms with van der Waals surface area (Å²) in [5.41, 5.74) is 4.81. The van der Waals surface area contributed by atoms with E-state index >= 15 is 0 Å². The number of hydrogen-bond acceptors (Lipinski definition) is 3. The number of carbonyl (C=O) groups excluding carboxylic acids is 1. The molecule has 4 N–H and O–H groups in total. The Kier molecular flexibility index (Phi) is 7.17. The number of hydrazine groups is 1. The lowest BCUT2D eigenvalue weighted by molar-refractivity contribution is -0.126. The molecule has 0 radical (unpaired) electrons. The van der Waals surface area contributed by atoms with E-state index in [0.29, 0.717) is 12.8 Å². The van der Waals surface area contributed by atoms with Crippen LogP contribution in [0.5, 0.6) is 0 Å².